The number of hydrogen-bond donors (Lipinski definition) is 2. The van der Waals surface area contributed by atoms with Crippen LogP contribution in [0.3, 0.4) is 0 Å². The van der Waals surface area contributed by atoms with Crippen LogP contribution in [0.4, 0.5) is 17.2 Å². The van der Waals surface area contributed by atoms with Gasteiger partial charge in [-0.15, -0.1) is 0 Å². The molecule has 0 aliphatic carbocycles. The summed E-state index contributed by atoms with van der Waals surface area (Å²) in [6.07, 6.45) is 0. The van der Waals surface area contributed by atoms with E-state index in [0.717, 1.165) is 11.3 Å². The average Bonchev–Trinajstić information content (AvgIpc) is 2.65. The molecule has 3 rings (SSSR count). The number of benzene rings is 2. The molecule has 0 atom stereocenters. The second kappa shape index (κ2) is 7.85. The van der Waals surface area contributed by atoms with Gasteiger partial charge in [0.15, 0.2) is 0 Å². The van der Waals surface area contributed by atoms with Crippen LogP contribution in [-0.4, -0.2) is 15.9 Å². The van der Waals surface area contributed by atoms with E-state index in [1.54, 1.807) is 43.3 Å². The topological polar surface area (TPSA) is 90.7 Å². The Bertz CT molecular complexity index is 1040. The number of carbonyl (C=O) groups excluding carboxylic acids is 1. The van der Waals surface area contributed by atoms with Crippen LogP contribution in [0.1, 0.15) is 27.4 Å². The van der Waals surface area contributed by atoms with Crippen molar-refractivity contribution < 1.29 is 4.79 Å². The first-order valence-corrected chi connectivity index (χ1v) is 8.53. The van der Waals surface area contributed by atoms with Crippen LogP contribution in [0.5, 0.6) is 0 Å². The van der Waals surface area contributed by atoms with Crippen molar-refractivity contribution in [3.8, 4) is 6.07 Å². The molecule has 0 saturated carbocycles. The first kappa shape index (κ1) is 18.4. The number of rotatable bonds is 4. The predicted octanol–water partition coefficient (Wildman–Crippen LogP) is 4.61. The highest BCUT2D eigenvalue weighted by Crippen LogP contribution is 2.23. The summed E-state index contributed by atoms with van der Waals surface area (Å²) in [5, 5.41) is 15.4. The number of halogens is 1. The molecule has 27 heavy (non-hydrogen) atoms. The van der Waals surface area contributed by atoms with E-state index < -0.39 is 0 Å². The molecule has 0 saturated heterocycles. The zero-order valence-electron chi connectivity index (χ0n) is 14.7. The average molecular weight is 378 g/mol. The molecule has 1 heterocycles. The minimum atomic E-state index is -0.366. The van der Waals surface area contributed by atoms with Crippen molar-refractivity contribution in [3.05, 3.63) is 76.2 Å². The lowest BCUT2D eigenvalue weighted by molar-refractivity contribution is 0.102. The third-order valence-corrected chi connectivity index (χ3v) is 4.19. The summed E-state index contributed by atoms with van der Waals surface area (Å²) in [4.78, 5) is 21.0. The van der Waals surface area contributed by atoms with Gasteiger partial charge in [0, 0.05) is 22.5 Å². The van der Waals surface area contributed by atoms with Gasteiger partial charge in [-0.2, -0.15) is 5.26 Å². The molecule has 0 fully saturated rings. The Balaban J connectivity index is 1.80. The molecule has 0 radical (unpaired) electrons. The molecule has 3 aromatic rings. The van der Waals surface area contributed by atoms with Crippen molar-refractivity contribution in [3.63, 3.8) is 0 Å². The van der Waals surface area contributed by atoms with Crippen molar-refractivity contribution in [2.24, 2.45) is 0 Å². The zero-order chi connectivity index (χ0) is 19.4. The van der Waals surface area contributed by atoms with Crippen LogP contribution in [0, 0.1) is 25.2 Å². The van der Waals surface area contributed by atoms with E-state index in [4.69, 9.17) is 16.9 Å². The first-order valence-electron chi connectivity index (χ1n) is 8.15. The van der Waals surface area contributed by atoms with Crippen LogP contribution >= 0.6 is 11.6 Å². The summed E-state index contributed by atoms with van der Waals surface area (Å²) in [5.41, 5.74) is 3.07. The van der Waals surface area contributed by atoms with Gasteiger partial charge in [0.25, 0.3) is 5.91 Å². The van der Waals surface area contributed by atoms with E-state index in [1.165, 1.54) is 0 Å². The number of hydrogen-bond acceptors (Lipinski definition) is 5. The van der Waals surface area contributed by atoms with Gasteiger partial charge < -0.3 is 10.6 Å². The summed E-state index contributed by atoms with van der Waals surface area (Å²) < 4.78 is 0. The lowest BCUT2D eigenvalue weighted by atomic mass is 10.2. The van der Waals surface area contributed by atoms with Gasteiger partial charge in [-0.1, -0.05) is 17.7 Å². The molecule has 2 aromatic carbocycles. The number of nitrogens with one attached hydrogen (secondary N) is 2. The molecule has 1 amide bonds. The monoisotopic (exact) mass is 377 g/mol. The minimum absolute atomic E-state index is 0.229. The van der Waals surface area contributed by atoms with Crippen molar-refractivity contribution in [2.45, 2.75) is 13.8 Å². The molecule has 0 spiro atoms. The lowest BCUT2D eigenvalue weighted by Gasteiger charge is -2.10. The summed E-state index contributed by atoms with van der Waals surface area (Å²) >= 11 is 6.15. The van der Waals surface area contributed by atoms with Gasteiger partial charge in [-0.25, -0.2) is 9.97 Å². The Morgan fingerprint density at radius 1 is 1.04 bits per heavy atom. The predicted molar refractivity (Wildman–Crippen MR) is 105 cm³/mol. The highest BCUT2D eigenvalue weighted by molar-refractivity contribution is 6.31. The zero-order valence-corrected chi connectivity index (χ0v) is 15.5. The van der Waals surface area contributed by atoms with Crippen LogP contribution in [0.2, 0.25) is 5.02 Å². The van der Waals surface area contributed by atoms with Crippen LogP contribution < -0.4 is 10.6 Å². The maximum Gasteiger partial charge on any atom is 0.274 e. The molecule has 134 valence electrons. The minimum Gasteiger partial charge on any atom is -0.340 e. The molecule has 2 N–H and O–H groups in total. The van der Waals surface area contributed by atoms with E-state index in [9.17, 15) is 4.79 Å². The van der Waals surface area contributed by atoms with Crippen molar-refractivity contribution >= 4 is 34.7 Å². The normalized spacial score (nSPS) is 10.1. The van der Waals surface area contributed by atoms with Gasteiger partial charge in [0.2, 0.25) is 0 Å². The van der Waals surface area contributed by atoms with Gasteiger partial charge in [0.05, 0.1) is 11.6 Å². The Kier molecular flexibility index (Phi) is 5.34. The van der Waals surface area contributed by atoms with Crippen LogP contribution in [-0.2, 0) is 0 Å². The maximum absolute atomic E-state index is 12.5. The molecule has 0 bridgehead atoms. The Morgan fingerprint density at radius 2 is 1.74 bits per heavy atom. The van der Waals surface area contributed by atoms with Crippen LogP contribution in [0.15, 0.2) is 48.5 Å². The Hall–Kier alpha value is -3.43. The largest absolute Gasteiger partial charge is 0.340 e. The van der Waals surface area contributed by atoms with Gasteiger partial charge >= 0.3 is 0 Å². The third-order valence-electron chi connectivity index (χ3n) is 3.79. The number of carbonyl (C=O) groups is 1. The Morgan fingerprint density at radius 3 is 2.41 bits per heavy atom. The van der Waals surface area contributed by atoms with Gasteiger partial charge in [-0.3, -0.25) is 4.79 Å². The van der Waals surface area contributed by atoms with E-state index in [2.05, 4.69) is 20.6 Å². The molecule has 0 unspecified atom stereocenters. The fourth-order valence-electron chi connectivity index (χ4n) is 2.39. The van der Waals surface area contributed by atoms with Crippen molar-refractivity contribution in [1.29, 1.82) is 5.26 Å². The number of amides is 1. The molecular formula is C20H16ClN5O. The highest BCUT2D eigenvalue weighted by atomic mass is 35.5. The second-order valence-electron chi connectivity index (χ2n) is 5.92. The van der Waals surface area contributed by atoms with Gasteiger partial charge in [-0.05, 0) is 55.8 Å². The quantitative estimate of drug-likeness (QED) is 0.692. The van der Waals surface area contributed by atoms with E-state index in [-0.39, 0.29) is 11.6 Å². The SMILES string of the molecule is Cc1nc(Nc2ccc(C)c(Cl)c2)cc(C(=O)Nc2ccc(C#N)cc2)n1. The number of anilines is 3. The van der Waals surface area contributed by atoms with Crippen molar-refractivity contribution in [2.75, 3.05) is 10.6 Å². The number of nitrogens with zero attached hydrogens (tertiary/aromatic N) is 3. The number of aromatic nitrogens is 2. The molecular weight excluding hydrogens is 362 g/mol. The van der Waals surface area contributed by atoms with E-state index in [1.807, 2.05) is 25.1 Å². The smallest absolute Gasteiger partial charge is 0.274 e. The Labute approximate surface area is 161 Å². The number of aryl methyl sites for hydroxylation is 2. The first-order chi connectivity index (χ1) is 12.9. The summed E-state index contributed by atoms with van der Waals surface area (Å²) in [5.74, 6) is 0.589. The standard InChI is InChI=1S/C20H16ClN5O/c1-12-3-6-16(9-17(12)21)25-19-10-18(23-13(2)24-19)20(27)26-15-7-4-14(11-22)5-8-15/h3-10H,1-2H3,(H,26,27)(H,23,24,25). The third kappa shape index (κ3) is 4.60. The lowest BCUT2D eigenvalue weighted by Crippen LogP contribution is -2.15. The van der Waals surface area contributed by atoms with Crippen LogP contribution in [0.25, 0.3) is 0 Å². The van der Waals surface area contributed by atoms with E-state index in [0.29, 0.717) is 27.9 Å². The molecule has 0 aliphatic rings. The summed E-state index contributed by atoms with van der Waals surface area (Å²) in [6.45, 7) is 3.64. The van der Waals surface area contributed by atoms with Crippen molar-refractivity contribution in [1.82, 2.24) is 9.97 Å². The summed E-state index contributed by atoms with van der Waals surface area (Å²) in [6, 6.07) is 15.8. The molecule has 0 aliphatic heterocycles. The van der Waals surface area contributed by atoms with E-state index >= 15 is 0 Å². The van der Waals surface area contributed by atoms with Gasteiger partial charge in [0.1, 0.15) is 17.3 Å². The fraction of sp³-hybridized carbons (Fsp3) is 0.100. The molecule has 6 nitrogen and oxygen atoms in total. The molecule has 1 aromatic heterocycles. The maximum atomic E-state index is 12.5. The summed E-state index contributed by atoms with van der Waals surface area (Å²) in [7, 11) is 0. The second-order valence-corrected chi connectivity index (χ2v) is 6.33. The highest BCUT2D eigenvalue weighted by Gasteiger charge is 2.11. The number of nitriles is 1. The fourth-order valence-corrected chi connectivity index (χ4v) is 2.57. The molecule has 7 heteroatoms.